The molecular formula is C33H30ClNO10S. The van der Waals surface area contributed by atoms with Crippen LogP contribution >= 0.6 is 23.4 Å². The minimum Gasteiger partial charge on any atom is -0.496 e. The van der Waals surface area contributed by atoms with E-state index >= 15 is 0 Å². The quantitative estimate of drug-likeness (QED) is 0.128. The molecule has 46 heavy (non-hydrogen) atoms. The van der Waals surface area contributed by atoms with Gasteiger partial charge in [-0.2, -0.15) is 0 Å². The lowest BCUT2D eigenvalue weighted by Crippen LogP contribution is -2.18. The van der Waals surface area contributed by atoms with E-state index < -0.39 is 16.6 Å². The van der Waals surface area contributed by atoms with Crippen LogP contribution in [0.1, 0.15) is 18.9 Å². The van der Waals surface area contributed by atoms with Crippen molar-refractivity contribution in [1.82, 2.24) is 5.32 Å². The van der Waals surface area contributed by atoms with Crippen molar-refractivity contribution in [3.8, 4) is 45.8 Å². The molecule has 0 radical (unpaired) electrons. The van der Waals surface area contributed by atoms with Gasteiger partial charge in [0.05, 0.1) is 51.6 Å². The molecular weight excluding hydrogens is 638 g/mol. The van der Waals surface area contributed by atoms with E-state index in [2.05, 4.69) is 5.32 Å². The van der Waals surface area contributed by atoms with Crippen LogP contribution in [0.3, 0.4) is 0 Å². The maximum Gasteiger partial charge on any atom is 0.290 e. The lowest BCUT2D eigenvalue weighted by atomic mass is 10.1. The summed E-state index contributed by atoms with van der Waals surface area (Å²) in [6.45, 7) is 2.07. The molecule has 1 aromatic heterocycles. The summed E-state index contributed by atoms with van der Waals surface area (Å²) in [6, 6.07) is 13.5. The van der Waals surface area contributed by atoms with Gasteiger partial charge >= 0.3 is 0 Å². The molecule has 3 aromatic carbocycles. The predicted octanol–water partition coefficient (Wildman–Crippen LogP) is 6.71. The molecule has 2 heterocycles. The van der Waals surface area contributed by atoms with E-state index in [4.69, 9.17) is 44.4 Å². The number of rotatable bonds is 12. The molecule has 1 N–H and O–H groups in total. The summed E-state index contributed by atoms with van der Waals surface area (Å²) >= 11 is 7.32. The molecule has 2 amide bonds. The van der Waals surface area contributed by atoms with Crippen molar-refractivity contribution >= 4 is 51.1 Å². The number of amides is 2. The van der Waals surface area contributed by atoms with E-state index in [0.717, 1.165) is 11.8 Å². The Morgan fingerprint density at radius 3 is 2.20 bits per heavy atom. The molecule has 11 nitrogen and oxygen atoms in total. The van der Waals surface area contributed by atoms with Crippen LogP contribution in [0.4, 0.5) is 4.79 Å². The summed E-state index contributed by atoms with van der Waals surface area (Å²) in [4.78, 5) is 37.8. The molecule has 0 atom stereocenters. The van der Waals surface area contributed by atoms with E-state index in [0.29, 0.717) is 56.0 Å². The molecule has 1 aliphatic rings. The number of allylic oxidation sites excluding steroid dienone is 1. The zero-order chi connectivity index (χ0) is 33.0. The molecule has 240 valence electrons. The third-order valence-electron chi connectivity index (χ3n) is 7.11. The molecule has 0 bridgehead atoms. The minimum atomic E-state index is -0.433. The predicted molar refractivity (Wildman–Crippen MR) is 175 cm³/mol. The number of methoxy groups -OCH3 is 4. The van der Waals surface area contributed by atoms with Crippen molar-refractivity contribution in [2.75, 3.05) is 41.7 Å². The van der Waals surface area contributed by atoms with Crippen LogP contribution < -0.4 is 39.2 Å². The largest absolute Gasteiger partial charge is 0.496 e. The fourth-order valence-corrected chi connectivity index (χ4v) is 5.76. The third kappa shape index (κ3) is 6.58. The maximum atomic E-state index is 13.9. The van der Waals surface area contributed by atoms with Crippen LogP contribution in [-0.2, 0) is 4.79 Å². The second kappa shape index (κ2) is 14.1. The summed E-state index contributed by atoms with van der Waals surface area (Å²) in [5, 5.41) is 2.37. The normalized spacial score (nSPS) is 13.8. The third-order valence-corrected chi connectivity index (χ3v) is 8.39. The minimum absolute atomic E-state index is 0.0126. The highest BCUT2D eigenvalue weighted by atomic mass is 35.5. The fourth-order valence-electron chi connectivity index (χ4n) is 4.78. The van der Waals surface area contributed by atoms with Gasteiger partial charge in [0, 0.05) is 24.1 Å². The Balaban J connectivity index is 1.37. The summed E-state index contributed by atoms with van der Waals surface area (Å²) in [5.74, 6) is 1.85. The first kappa shape index (κ1) is 32.6. The van der Waals surface area contributed by atoms with Gasteiger partial charge in [-0.05, 0) is 60.2 Å². The molecule has 0 unspecified atom stereocenters. The van der Waals surface area contributed by atoms with E-state index in [-0.39, 0.29) is 41.4 Å². The van der Waals surface area contributed by atoms with Crippen LogP contribution in [0.15, 0.2) is 62.6 Å². The number of hydrogen-bond acceptors (Lipinski definition) is 11. The van der Waals surface area contributed by atoms with Crippen LogP contribution in [0, 0.1) is 0 Å². The van der Waals surface area contributed by atoms with Crippen molar-refractivity contribution in [1.29, 1.82) is 0 Å². The highest BCUT2D eigenvalue weighted by Crippen LogP contribution is 2.40. The first-order valence-corrected chi connectivity index (χ1v) is 15.1. The molecule has 5 rings (SSSR count). The van der Waals surface area contributed by atoms with Gasteiger partial charge in [-0.1, -0.05) is 17.7 Å². The van der Waals surface area contributed by atoms with Crippen LogP contribution in [0.2, 0.25) is 5.02 Å². The lowest BCUT2D eigenvalue weighted by molar-refractivity contribution is -0.115. The number of benzene rings is 3. The second-order valence-corrected chi connectivity index (χ2v) is 11.2. The SMILES string of the molecule is COc1cc(OC)c2c(=O)c(OCCCOc3ccc(/C(C)=C4\SC(=O)NC4=O)cc3Cl)c(-c3ccc(OC)c(OC)c3)oc2c1. The number of hydrogen-bond donors (Lipinski definition) is 1. The van der Waals surface area contributed by atoms with Crippen molar-refractivity contribution < 1.29 is 42.4 Å². The molecule has 1 saturated heterocycles. The van der Waals surface area contributed by atoms with Crippen molar-refractivity contribution in [3.63, 3.8) is 0 Å². The Hall–Kier alpha value is -4.81. The number of ether oxygens (including phenoxy) is 6. The van der Waals surface area contributed by atoms with Gasteiger partial charge in [0.15, 0.2) is 17.3 Å². The smallest absolute Gasteiger partial charge is 0.290 e. The first-order chi connectivity index (χ1) is 22.2. The van der Waals surface area contributed by atoms with Gasteiger partial charge in [-0.25, -0.2) is 0 Å². The second-order valence-electron chi connectivity index (χ2n) is 9.86. The Morgan fingerprint density at radius 2 is 1.54 bits per heavy atom. The summed E-state index contributed by atoms with van der Waals surface area (Å²) < 4.78 is 39.9. The first-order valence-electron chi connectivity index (χ1n) is 13.9. The number of halogens is 1. The number of imide groups is 1. The average molecular weight is 668 g/mol. The van der Waals surface area contributed by atoms with Crippen LogP contribution in [-0.4, -0.2) is 52.8 Å². The van der Waals surface area contributed by atoms with Crippen LogP contribution in [0.5, 0.6) is 34.5 Å². The van der Waals surface area contributed by atoms with Gasteiger partial charge in [0.2, 0.25) is 11.2 Å². The number of fused-ring (bicyclic) bond motifs is 1. The number of nitrogens with one attached hydrogen (secondary N) is 1. The summed E-state index contributed by atoms with van der Waals surface area (Å²) in [6.07, 6.45) is 0.392. The molecule has 4 aromatic rings. The zero-order valence-electron chi connectivity index (χ0n) is 25.6. The maximum absolute atomic E-state index is 13.9. The van der Waals surface area contributed by atoms with E-state index in [1.165, 1.54) is 28.4 Å². The van der Waals surface area contributed by atoms with Crippen molar-refractivity contribution in [2.24, 2.45) is 0 Å². The Bertz CT molecular complexity index is 1920. The highest BCUT2D eigenvalue weighted by molar-refractivity contribution is 8.18. The Labute approximate surface area is 273 Å². The molecule has 0 saturated carbocycles. The van der Waals surface area contributed by atoms with Gasteiger partial charge in [-0.3, -0.25) is 19.7 Å². The Morgan fingerprint density at radius 1 is 0.826 bits per heavy atom. The van der Waals surface area contributed by atoms with E-state index in [9.17, 15) is 14.4 Å². The molecule has 13 heteroatoms. The summed E-state index contributed by atoms with van der Waals surface area (Å²) in [7, 11) is 6.00. The van der Waals surface area contributed by atoms with Crippen molar-refractivity contribution in [3.05, 3.63) is 74.2 Å². The number of carbonyl (C=O) groups excluding carboxylic acids is 2. The highest BCUT2D eigenvalue weighted by Gasteiger charge is 2.28. The van der Waals surface area contributed by atoms with Gasteiger partial charge < -0.3 is 32.8 Å². The van der Waals surface area contributed by atoms with E-state index in [1.54, 1.807) is 55.5 Å². The van der Waals surface area contributed by atoms with Gasteiger partial charge in [0.25, 0.3) is 11.1 Å². The monoisotopic (exact) mass is 667 g/mol. The van der Waals surface area contributed by atoms with Crippen molar-refractivity contribution in [2.45, 2.75) is 13.3 Å². The molecule has 1 aliphatic heterocycles. The fraction of sp³-hybridized carbons (Fsp3) is 0.242. The Kier molecular flexibility index (Phi) is 9.98. The van der Waals surface area contributed by atoms with Gasteiger partial charge in [0.1, 0.15) is 28.2 Å². The zero-order valence-corrected chi connectivity index (χ0v) is 27.2. The summed E-state index contributed by atoms with van der Waals surface area (Å²) in [5.41, 5.74) is 1.67. The van der Waals surface area contributed by atoms with E-state index in [1.807, 2.05) is 0 Å². The topological polar surface area (TPSA) is 132 Å². The lowest BCUT2D eigenvalue weighted by Gasteiger charge is -2.15. The number of carbonyl (C=O) groups is 2. The van der Waals surface area contributed by atoms with Crippen LogP contribution in [0.25, 0.3) is 27.9 Å². The van der Waals surface area contributed by atoms with Gasteiger partial charge in [-0.15, -0.1) is 0 Å². The molecule has 0 spiro atoms. The number of thioether (sulfide) groups is 1. The average Bonchev–Trinajstić information content (AvgIpc) is 3.41. The standard InChI is InChI=1S/C33H30ClNO10S/c1-17(31-32(37)35-33(38)46-31)18-7-9-22(21(34)13-18)43-11-6-12-44-30-28(36)27-25(42-5)15-20(39-2)16-26(27)45-29(30)19-8-10-23(40-3)24(14-19)41-4/h7-10,13-16H,6,11-12H2,1-5H3,(H,35,37,38)/b31-17-. The molecule has 1 fully saturated rings. The molecule has 0 aliphatic carbocycles.